The van der Waals surface area contributed by atoms with E-state index in [-0.39, 0.29) is 17.5 Å². The van der Waals surface area contributed by atoms with Crippen LogP contribution in [0, 0.1) is 12.7 Å². The van der Waals surface area contributed by atoms with Gasteiger partial charge in [-0.1, -0.05) is 22.0 Å². The second-order valence-electron chi connectivity index (χ2n) is 5.47. The summed E-state index contributed by atoms with van der Waals surface area (Å²) < 4.78 is 16.5. The Morgan fingerprint density at radius 3 is 2.64 bits per heavy atom. The summed E-state index contributed by atoms with van der Waals surface area (Å²) in [5.41, 5.74) is -1.17. The third-order valence-corrected chi connectivity index (χ3v) is 5.22. The molecule has 1 N–H and O–H groups in total. The van der Waals surface area contributed by atoms with Gasteiger partial charge in [0.25, 0.3) is 5.56 Å². The van der Waals surface area contributed by atoms with Gasteiger partial charge in [-0.15, -0.1) is 11.3 Å². The molecule has 0 aliphatic rings. The lowest BCUT2D eigenvalue weighted by atomic mass is 10.2. The zero-order valence-electron chi connectivity index (χ0n) is 13.0. The Balaban J connectivity index is 2.25. The van der Waals surface area contributed by atoms with E-state index in [1.54, 1.807) is 19.1 Å². The van der Waals surface area contributed by atoms with Crippen molar-refractivity contribution >= 4 is 43.5 Å². The largest absolute Gasteiger partial charge is 0.480 e. The average molecular weight is 427 g/mol. The molecule has 3 aromatic rings. The second kappa shape index (κ2) is 6.57. The number of halogens is 2. The first-order valence-electron chi connectivity index (χ1n) is 7.17. The number of fused-ring (bicyclic) bond motifs is 1. The van der Waals surface area contributed by atoms with Crippen molar-refractivity contribution < 1.29 is 14.3 Å². The Kier molecular flexibility index (Phi) is 4.61. The quantitative estimate of drug-likeness (QED) is 0.694. The summed E-state index contributed by atoms with van der Waals surface area (Å²) >= 11 is 4.32. The molecular formula is C16H12BrFN2O4S. The van der Waals surface area contributed by atoms with Gasteiger partial charge in [-0.05, 0) is 25.1 Å². The van der Waals surface area contributed by atoms with Crippen molar-refractivity contribution in [2.45, 2.75) is 20.0 Å². The monoisotopic (exact) mass is 426 g/mol. The van der Waals surface area contributed by atoms with Crippen LogP contribution in [0.15, 0.2) is 38.3 Å². The Hall–Kier alpha value is -2.26. The van der Waals surface area contributed by atoms with Gasteiger partial charge in [-0.3, -0.25) is 18.7 Å². The van der Waals surface area contributed by atoms with Crippen LogP contribution in [0.25, 0.3) is 10.2 Å². The molecule has 0 bridgehead atoms. The first-order valence-corrected chi connectivity index (χ1v) is 8.78. The van der Waals surface area contributed by atoms with Gasteiger partial charge in [-0.25, -0.2) is 9.18 Å². The van der Waals surface area contributed by atoms with Crippen LogP contribution in [-0.4, -0.2) is 20.2 Å². The Morgan fingerprint density at radius 1 is 1.28 bits per heavy atom. The molecule has 6 nitrogen and oxygen atoms in total. The van der Waals surface area contributed by atoms with Crippen LogP contribution in [0.5, 0.6) is 0 Å². The lowest BCUT2D eigenvalue weighted by molar-refractivity contribution is -0.137. The van der Waals surface area contributed by atoms with E-state index in [1.165, 1.54) is 23.5 Å². The minimum Gasteiger partial charge on any atom is -0.480 e. The van der Waals surface area contributed by atoms with Gasteiger partial charge >= 0.3 is 11.7 Å². The number of hydrogen-bond donors (Lipinski definition) is 1. The molecule has 0 saturated heterocycles. The van der Waals surface area contributed by atoms with Crippen molar-refractivity contribution in [3.63, 3.8) is 0 Å². The van der Waals surface area contributed by atoms with Crippen LogP contribution in [0.1, 0.15) is 10.4 Å². The van der Waals surface area contributed by atoms with Crippen molar-refractivity contribution in [2.75, 3.05) is 0 Å². The van der Waals surface area contributed by atoms with Crippen molar-refractivity contribution in [1.82, 2.24) is 9.13 Å². The highest BCUT2D eigenvalue weighted by atomic mass is 79.9. The highest BCUT2D eigenvalue weighted by molar-refractivity contribution is 9.10. The number of carbonyl (C=O) groups is 1. The molecule has 1 aromatic carbocycles. The van der Waals surface area contributed by atoms with E-state index in [2.05, 4.69) is 15.9 Å². The van der Waals surface area contributed by atoms with E-state index in [0.717, 1.165) is 14.0 Å². The predicted molar refractivity (Wildman–Crippen MR) is 95.9 cm³/mol. The molecule has 0 unspecified atom stereocenters. The summed E-state index contributed by atoms with van der Waals surface area (Å²) in [6.07, 6.45) is 0. The molecule has 2 heterocycles. The highest BCUT2D eigenvalue weighted by Gasteiger charge is 2.18. The van der Waals surface area contributed by atoms with Gasteiger partial charge in [0.15, 0.2) is 0 Å². The van der Waals surface area contributed by atoms with Crippen LogP contribution < -0.4 is 11.2 Å². The van der Waals surface area contributed by atoms with Gasteiger partial charge in [-0.2, -0.15) is 0 Å². The van der Waals surface area contributed by atoms with E-state index >= 15 is 0 Å². The van der Waals surface area contributed by atoms with Gasteiger partial charge in [0.2, 0.25) is 0 Å². The molecule has 3 rings (SSSR count). The first-order chi connectivity index (χ1) is 11.8. The summed E-state index contributed by atoms with van der Waals surface area (Å²) in [4.78, 5) is 37.5. The number of nitrogens with zero attached hydrogens (tertiary/aromatic N) is 2. The standard InChI is InChI=1S/C16H12BrFN2O4S/c1-8-4-11-14(23)19(6-9-2-3-10(17)5-12(9)18)16(24)20(7-13(21)22)15(11)25-8/h2-5H,6-7H2,1H3,(H,21,22). The Labute approximate surface area is 152 Å². The molecule has 0 radical (unpaired) electrons. The van der Waals surface area contributed by atoms with E-state index < -0.39 is 29.6 Å². The molecule has 0 amide bonds. The van der Waals surface area contributed by atoms with Crippen LogP contribution in [0.2, 0.25) is 0 Å². The van der Waals surface area contributed by atoms with Crippen LogP contribution >= 0.6 is 27.3 Å². The molecular weight excluding hydrogens is 415 g/mol. The summed E-state index contributed by atoms with van der Waals surface area (Å²) in [7, 11) is 0. The number of aliphatic carboxylic acids is 1. The predicted octanol–water partition coefficient (Wildman–Crippen LogP) is 2.57. The smallest absolute Gasteiger partial charge is 0.332 e. The topological polar surface area (TPSA) is 81.3 Å². The maximum atomic E-state index is 14.1. The summed E-state index contributed by atoms with van der Waals surface area (Å²) in [5, 5.41) is 9.33. The molecule has 25 heavy (non-hydrogen) atoms. The third kappa shape index (κ3) is 3.29. The number of aromatic nitrogens is 2. The van der Waals surface area contributed by atoms with Gasteiger partial charge in [0.05, 0.1) is 11.9 Å². The third-order valence-electron chi connectivity index (χ3n) is 3.66. The van der Waals surface area contributed by atoms with E-state index in [0.29, 0.717) is 9.30 Å². The fourth-order valence-corrected chi connectivity index (χ4v) is 3.88. The number of carboxylic acids is 1. The Morgan fingerprint density at radius 2 is 2.00 bits per heavy atom. The fourth-order valence-electron chi connectivity index (χ4n) is 2.55. The Bertz CT molecular complexity index is 1120. The van der Waals surface area contributed by atoms with Crippen LogP contribution in [0.3, 0.4) is 0 Å². The number of benzene rings is 1. The molecule has 0 saturated carbocycles. The molecule has 0 fully saturated rings. The molecule has 0 aliphatic carbocycles. The molecule has 0 atom stereocenters. The van der Waals surface area contributed by atoms with Crippen molar-refractivity contribution in [3.8, 4) is 0 Å². The van der Waals surface area contributed by atoms with Gasteiger partial charge in [0, 0.05) is 14.9 Å². The minimum atomic E-state index is -1.20. The molecule has 130 valence electrons. The van der Waals surface area contributed by atoms with Gasteiger partial charge in [0.1, 0.15) is 17.2 Å². The lowest BCUT2D eigenvalue weighted by Crippen LogP contribution is -2.41. The molecule has 0 aliphatic heterocycles. The number of rotatable bonds is 4. The maximum Gasteiger partial charge on any atom is 0.332 e. The molecule has 0 spiro atoms. The number of aryl methyl sites for hydroxylation is 1. The van der Waals surface area contributed by atoms with Crippen LogP contribution in [0.4, 0.5) is 4.39 Å². The van der Waals surface area contributed by atoms with Crippen molar-refractivity contribution in [1.29, 1.82) is 0 Å². The van der Waals surface area contributed by atoms with Gasteiger partial charge < -0.3 is 5.11 Å². The minimum absolute atomic E-state index is 0.163. The van der Waals surface area contributed by atoms with E-state index in [1.807, 2.05) is 0 Å². The van der Waals surface area contributed by atoms with Crippen LogP contribution in [-0.2, 0) is 17.9 Å². The number of hydrogen-bond acceptors (Lipinski definition) is 4. The average Bonchev–Trinajstić information content (AvgIpc) is 2.91. The van der Waals surface area contributed by atoms with Crippen molar-refractivity contribution in [3.05, 3.63) is 65.8 Å². The first kappa shape index (κ1) is 17.6. The normalized spacial score (nSPS) is 11.2. The van der Waals surface area contributed by atoms with Crippen molar-refractivity contribution in [2.24, 2.45) is 0 Å². The summed E-state index contributed by atoms with van der Waals surface area (Å²) in [6.45, 7) is 0.915. The fraction of sp³-hybridized carbons (Fsp3) is 0.188. The SMILES string of the molecule is Cc1cc2c(=O)n(Cc3ccc(Br)cc3F)c(=O)n(CC(=O)O)c2s1. The summed E-state index contributed by atoms with van der Waals surface area (Å²) in [6, 6.07) is 5.92. The lowest BCUT2D eigenvalue weighted by Gasteiger charge is -2.11. The zero-order chi connectivity index (χ0) is 18.3. The number of thiophene rings is 1. The zero-order valence-corrected chi connectivity index (χ0v) is 15.4. The highest BCUT2D eigenvalue weighted by Crippen LogP contribution is 2.21. The number of carboxylic acid groups (broad SMARTS) is 1. The molecule has 9 heteroatoms. The van der Waals surface area contributed by atoms with E-state index in [4.69, 9.17) is 5.11 Å². The molecule has 2 aromatic heterocycles. The maximum absolute atomic E-state index is 14.1. The second-order valence-corrected chi connectivity index (χ2v) is 7.62. The van der Waals surface area contributed by atoms with E-state index in [9.17, 15) is 18.8 Å². The summed E-state index contributed by atoms with van der Waals surface area (Å²) in [5.74, 6) is -1.76.